The van der Waals surface area contributed by atoms with Crippen LogP contribution in [0, 0.1) is 6.92 Å². The molecule has 4 rings (SSSR count). The summed E-state index contributed by atoms with van der Waals surface area (Å²) < 4.78 is 2.05. The summed E-state index contributed by atoms with van der Waals surface area (Å²) in [4.78, 5) is 11.4. The lowest BCUT2D eigenvalue weighted by Crippen LogP contribution is -2.40. The van der Waals surface area contributed by atoms with E-state index in [1.54, 1.807) is 0 Å². The Labute approximate surface area is 141 Å². The number of aromatic nitrogens is 2. The van der Waals surface area contributed by atoms with Crippen LogP contribution in [0.1, 0.15) is 16.8 Å². The van der Waals surface area contributed by atoms with E-state index in [1.807, 2.05) is 13.2 Å². The lowest BCUT2D eigenvalue weighted by molar-refractivity contribution is 0.848. The first kappa shape index (κ1) is 14.8. The number of aliphatic imine (C=N–C) groups is 1. The van der Waals surface area contributed by atoms with Gasteiger partial charge in [-0.3, -0.25) is 4.99 Å². The van der Waals surface area contributed by atoms with Crippen LogP contribution < -0.4 is 10.2 Å². The maximum atomic E-state index is 4.68. The van der Waals surface area contributed by atoms with Crippen LogP contribution in [0.15, 0.2) is 53.8 Å². The van der Waals surface area contributed by atoms with Crippen molar-refractivity contribution in [3.05, 3.63) is 65.6 Å². The SMILES string of the molecule is CN=C(NCc1cn2ccc(C)cc2n1)N1CCc2ccccc21. The van der Waals surface area contributed by atoms with Gasteiger partial charge in [0, 0.05) is 31.7 Å². The van der Waals surface area contributed by atoms with E-state index in [2.05, 4.69) is 74.1 Å². The monoisotopic (exact) mass is 319 g/mol. The number of fused-ring (bicyclic) bond motifs is 2. The molecule has 5 heteroatoms. The Balaban J connectivity index is 1.51. The van der Waals surface area contributed by atoms with Crippen molar-refractivity contribution in [2.45, 2.75) is 19.9 Å². The van der Waals surface area contributed by atoms with Gasteiger partial charge in [-0.25, -0.2) is 4.98 Å². The normalized spacial score (nSPS) is 14.2. The van der Waals surface area contributed by atoms with Crippen LogP contribution in [0.2, 0.25) is 0 Å². The van der Waals surface area contributed by atoms with Crippen LogP contribution >= 0.6 is 0 Å². The van der Waals surface area contributed by atoms with E-state index in [-0.39, 0.29) is 0 Å². The number of aryl methyl sites for hydroxylation is 1. The van der Waals surface area contributed by atoms with Crippen molar-refractivity contribution < 1.29 is 0 Å². The Kier molecular flexibility index (Phi) is 3.69. The molecule has 0 saturated heterocycles. The first-order valence-electron chi connectivity index (χ1n) is 8.25. The van der Waals surface area contributed by atoms with Crippen molar-refractivity contribution >= 4 is 17.3 Å². The van der Waals surface area contributed by atoms with Crippen molar-refractivity contribution in [2.24, 2.45) is 4.99 Å². The smallest absolute Gasteiger partial charge is 0.198 e. The summed E-state index contributed by atoms with van der Waals surface area (Å²) in [5.74, 6) is 0.896. The number of pyridine rings is 1. The van der Waals surface area contributed by atoms with E-state index in [0.717, 1.165) is 30.3 Å². The van der Waals surface area contributed by atoms with Crippen molar-refractivity contribution in [3.63, 3.8) is 0 Å². The number of benzene rings is 1. The third-order valence-electron chi connectivity index (χ3n) is 4.45. The molecule has 0 bridgehead atoms. The van der Waals surface area contributed by atoms with Crippen LogP contribution in [0.25, 0.3) is 5.65 Å². The molecule has 0 saturated carbocycles. The van der Waals surface area contributed by atoms with Gasteiger partial charge in [-0.2, -0.15) is 0 Å². The molecular weight excluding hydrogens is 298 g/mol. The van der Waals surface area contributed by atoms with Crippen LogP contribution in [-0.4, -0.2) is 28.9 Å². The van der Waals surface area contributed by atoms with Crippen LogP contribution in [0.4, 0.5) is 5.69 Å². The molecule has 1 aliphatic rings. The highest BCUT2D eigenvalue weighted by Crippen LogP contribution is 2.27. The minimum absolute atomic E-state index is 0.659. The van der Waals surface area contributed by atoms with E-state index in [9.17, 15) is 0 Å². The summed E-state index contributed by atoms with van der Waals surface area (Å²) in [6, 6.07) is 12.7. The van der Waals surface area contributed by atoms with Crippen molar-refractivity contribution in [1.82, 2.24) is 14.7 Å². The minimum Gasteiger partial charge on any atom is -0.350 e. The lowest BCUT2D eigenvalue weighted by Gasteiger charge is -2.21. The second-order valence-electron chi connectivity index (χ2n) is 6.13. The van der Waals surface area contributed by atoms with Gasteiger partial charge in [0.2, 0.25) is 0 Å². The minimum atomic E-state index is 0.659. The van der Waals surface area contributed by atoms with Gasteiger partial charge >= 0.3 is 0 Å². The second-order valence-corrected chi connectivity index (χ2v) is 6.13. The third-order valence-corrected chi connectivity index (χ3v) is 4.45. The van der Waals surface area contributed by atoms with E-state index in [4.69, 9.17) is 0 Å². The molecule has 0 fully saturated rings. The molecule has 5 nitrogen and oxygen atoms in total. The fraction of sp³-hybridized carbons (Fsp3) is 0.263. The first-order valence-corrected chi connectivity index (χ1v) is 8.25. The highest BCUT2D eigenvalue weighted by Gasteiger charge is 2.22. The fourth-order valence-electron chi connectivity index (χ4n) is 3.24. The molecule has 1 aliphatic heterocycles. The molecule has 2 aromatic heterocycles. The second kappa shape index (κ2) is 6.00. The van der Waals surface area contributed by atoms with Crippen LogP contribution in [0.5, 0.6) is 0 Å². The molecule has 3 heterocycles. The average Bonchev–Trinajstić information content (AvgIpc) is 3.19. The van der Waals surface area contributed by atoms with Crippen LogP contribution in [-0.2, 0) is 13.0 Å². The molecule has 3 aromatic rings. The zero-order valence-corrected chi connectivity index (χ0v) is 14.0. The van der Waals surface area contributed by atoms with Crippen molar-refractivity contribution in [2.75, 3.05) is 18.5 Å². The molecule has 1 aromatic carbocycles. The van der Waals surface area contributed by atoms with Gasteiger partial charge in [-0.15, -0.1) is 0 Å². The number of nitrogens with zero attached hydrogens (tertiary/aromatic N) is 4. The molecule has 0 amide bonds. The van der Waals surface area contributed by atoms with Crippen LogP contribution in [0.3, 0.4) is 0 Å². The number of rotatable bonds is 2. The molecule has 0 unspecified atom stereocenters. The summed E-state index contributed by atoms with van der Waals surface area (Å²) in [6.07, 6.45) is 5.17. The molecule has 0 radical (unpaired) electrons. The van der Waals surface area contributed by atoms with Crippen molar-refractivity contribution in [3.8, 4) is 0 Å². The fourth-order valence-corrected chi connectivity index (χ4v) is 3.24. The summed E-state index contributed by atoms with van der Waals surface area (Å²) in [5, 5.41) is 3.44. The number of para-hydroxylation sites is 1. The zero-order chi connectivity index (χ0) is 16.5. The number of imidazole rings is 1. The van der Waals surface area contributed by atoms with Crippen molar-refractivity contribution in [1.29, 1.82) is 0 Å². The maximum absolute atomic E-state index is 4.68. The van der Waals surface area contributed by atoms with Gasteiger partial charge in [-0.1, -0.05) is 18.2 Å². The zero-order valence-electron chi connectivity index (χ0n) is 14.0. The molecule has 1 N–H and O–H groups in total. The Morgan fingerprint density at radius 2 is 2.17 bits per heavy atom. The summed E-state index contributed by atoms with van der Waals surface area (Å²) in [7, 11) is 1.83. The Hall–Kier alpha value is -2.82. The maximum Gasteiger partial charge on any atom is 0.198 e. The van der Waals surface area contributed by atoms with Gasteiger partial charge in [0.05, 0.1) is 12.2 Å². The van der Waals surface area contributed by atoms with Gasteiger partial charge in [-0.05, 0) is 42.7 Å². The molecule has 122 valence electrons. The van der Waals surface area contributed by atoms with E-state index >= 15 is 0 Å². The number of hydrogen-bond donors (Lipinski definition) is 1. The number of guanidine groups is 1. The largest absolute Gasteiger partial charge is 0.350 e. The average molecular weight is 319 g/mol. The predicted octanol–water partition coefficient (Wildman–Crippen LogP) is 2.78. The quantitative estimate of drug-likeness (QED) is 0.583. The Morgan fingerprint density at radius 3 is 3.04 bits per heavy atom. The highest BCUT2D eigenvalue weighted by atomic mass is 15.3. The Morgan fingerprint density at radius 1 is 1.29 bits per heavy atom. The first-order chi connectivity index (χ1) is 11.7. The Bertz CT molecular complexity index is 909. The topological polar surface area (TPSA) is 44.9 Å². The number of anilines is 1. The number of hydrogen-bond acceptors (Lipinski definition) is 2. The van der Waals surface area contributed by atoms with Gasteiger partial charge in [0.25, 0.3) is 0 Å². The van der Waals surface area contributed by atoms with E-state index in [1.165, 1.54) is 16.8 Å². The predicted molar refractivity (Wildman–Crippen MR) is 97.6 cm³/mol. The summed E-state index contributed by atoms with van der Waals surface area (Å²) >= 11 is 0. The van der Waals surface area contributed by atoms with E-state index in [0.29, 0.717) is 6.54 Å². The lowest BCUT2D eigenvalue weighted by atomic mass is 10.2. The molecule has 0 spiro atoms. The summed E-state index contributed by atoms with van der Waals surface area (Å²) in [6.45, 7) is 3.70. The molecule has 24 heavy (non-hydrogen) atoms. The summed E-state index contributed by atoms with van der Waals surface area (Å²) in [5.41, 5.74) is 5.83. The number of nitrogens with one attached hydrogen (secondary N) is 1. The van der Waals surface area contributed by atoms with E-state index < -0.39 is 0 Å². The van der Waals surface area contributed by atoms with Gasteiger partial charge in [0.15, 0.2) is 5.96 Å². The van der Waals surface area contributed by atoms with Gasteiger partial charge < -0.3 is 14.6 Å². The molecular formula is C19H21N5. The third kappa shape index (κ3) is 2.62. The molecule has 0 atom stereocenters. The standard InChI is InChI=1S/C19H21N5/c1-14-7-9-23-13-16(22-18(23)11-14)12-21-19(20-2)24-10-8-15-5-3-4-6-17(15)24/h3-7,9,11,13H,8,10,12H2,1-2H3,(H,20,21). The highest BCUT2D eigenvalue weighted by molar-refractivity contribution is 5.97. The van der Waals surface area contributed by atoms with Gasteiger partial charge in [0.1, 0.15) is 5.65 Å². The molecule has 0 aliphatic carbocycles.